The molecule has 4 aliphatic rings. The maximum atomic E-state index is 13.4. The van der Waals surface area contributed by atoms with Gasteiger partial charge in [-0.3, -0.25) is 4.79 Å². The largest absolute Gasteiger partial charge is 0.395 e. The summed E-state index contributed by atoms with van der Waals surface area (Å²) in [5.74, 6) is -1.34. The van der Waals surface area contributed by atoms with E-state index in [0.29, 0.717) is 0 Å². The van der Waals surface area contributed by atoms with Gasteiger partial charge < -0.3 is 40.1 Å². The first kappa shape index (κ1) is 22.3. The van der Waals surface area contributed by atoms with Crippen molar-refractivity contribution in [2.75, 3.05) is 13.2 Å². The molecule has 9 nitrogen and oxygen atoms in total. The zero-order valence-corrected chi connectivity index (χ0v) is 17.5. The lowest BCUT2D eigenvalue weighted by Crippen LogP contribution is -2.64. The second-order valence-corrected chi connectivity index (χ2v) is 10.0. The van der Waals surface area contributed by atoms with E-state index in [4.69, 9.17) is 9.47 Å². The van der Waals surface area contributed by atoms with Crippen molar-refractivity contribution in [3.05, 3.63) is 11.6 Å². The van der Waals surface area contributed by atoms with Gasteiger partial charge in [0, 0.05) is 5.41 Å². The number of carbonyl (C=O) groups excluding carboxylic acids is 1. The van der Waals surface area contributed by atoms with Gasteiger partial charge in [0.05, 0.1) is 30.1 Å². The summed E-state index contributed by atoms with van der Waals surface area (Å²) in [5.41, 5.74) is -3.66. The van der Waals surface area contributed by atoms with Crippen LogP contribution in [0.15, 0.2) is 11.6 Å². The third-order valence-corrected chi connectivity index (χ3v) is 8.04. The van der Waals surface area contributed by atoms with Gasteiger partial charge >= 0.3 is 0 Å². The number of fused-ring (bicyclic) bond motifs is 1. The number of aliphatic hydroxyl groups is 6. The van der Waals surface area contributed by atoms with Gasteiger partial charge in [-0.15, -0.1) is 0 Å². The van der Waals surface area contributed by atoms with Gasteiger partial charge in [0.25, 0.3) is 0 Å². The van der Waals surface area contributed by atoms with Crippen LogP contribution < -0.4 is 0 Å². The van der Waals surface area contributed by atoms with Gasteiger partial charge in [-0.1, -0.05) is 18.6 Å². The number of ketones is 1. The highest BCUT2D eigenvalue weighted by Crippen LogP contribution is 2.69. The number of hydrogen-bond donors (Lipinski definition) is 6. The molecule has 0 aromatic rings. The molecular formula is C21H32O9. The molecule has 1 heterocycles. The molecule has 4 rings (SSSR count). The Morgan fingerprint density at radius 1 is 1.13 bits per heavy atom. The Balaban J connectivity index is 1.77. The Kier molecular flexibility index (Phi) is 5.05. The van der Waals surface area contributed by atoms with E-state index in [2.05, 4.69) is 0 Å². The molecule has 0 aromatic heterocycles. The zero-order valence-electron chi connectivity index (χ0n) is 17.5. The fourth-order valence-corrected chi connectivity index (χ4v) is 6.10. The molecule has 1 aliphatic heterocycles. The molecule has 170 valence electrons. The Labute approximate surface area is 174 Å². The summed E-state index contributed by atoms with van der Waals surface area (Å²) in [6.45, 7) is 4.07. The van der Waals surface area contributed by atoms with Crippen LogP contribution in [0.4, 0.5) is 0 Å². The third kappa shape index (κ3) is 2.74. The molecule has 0 amide bonds. The van der Waals surface area contributed by atoms with Crippen LogP contribution in [0.3, 0.4) is 0 Å². The number of ether oxygens (including phenoxy) is 2. The Hall–Kier alpha value is -0.910. The van der Waals surface area contributed by atoms with E-state index in [0.717, 1.165) is 18.4 Å². The van der Waals surface area contributed by atoms with Crippen LogP contribution in [-0.4, -0.2) is 91.5 Å². The molecule has 6 N–H and O–H groups in total. The van der Waals surface area contributed by atoms with E-state index in [9.17, 15) is 35.4 Å². The summed E-state index contributed by atoms with van der Waals surface area (Å²) in [4.78, 5) is 13.4. The van der Waals surface area contributed by atoms with Crippen molar-refractivity contribution in [1.29, 1.82) is 0 Å². The van der Waals surface area contributed by atoms with Crippen LogP contribution in [-0.2, 0) is 14.3 Å². The number of rotatable bonds is 4. The van der Waals surface area contributed by atoms with Crippen molar-refractivity contribution in [1.82, 2.24) is 0 Å². The van der Waals surface area contributed by atoms with Crippen molar-refractivity contribution in [2.45, 2.75) is 81.9 Å². The zero-order chi connectivity index (χ0) is 22.3. The minimum Gasteiger partial charge on any atom is -0.395 e. The van der Waals surface area contributed by atoms with Crippen molar-refractivity contribution >= 4 is 5.78 Å². The van der Waals surface area contributed by atoms with Gasteiger partial charge in [0.1, 0.15) is 35.8 Å². The molecule has 0 radical (unpaired) electrons. The average molecular weight is 428 g/mol. The average Bonchev–Trinajstić information content (AvgIpc) is 3.46. The summed E-state index contributed by atoms with van der Waals surface area (Å²) < 4.78 is 11.7. The number of carbonyl (C=O) groups is 1. The van der Waals surface area contributed by atoms with E-state index in [-0.39, 0.29) is 12.2 Å². The van der Waals surface area contributed by atoms with Crippen molar-refractivity contribution in [2.24, 2.45) is 16.7 Å². The Morgan fingerprint density at radius 3 is 2.30 bits per heavy atom. The van der Waals surface area contributed by atoms with Crippen molar-refractivity contribution < 1.29 is 44.9 Å². The first-order valence-corrected chi connectivity index (χ1v) is 10.4. The highest BCUT2D eigenvalue weighted by atomic mass is 16.7. The molecule has 3 fully saturated rings. The maximum absolute atomic E-state index is 13.4. The fourth-order valence-electron chi connectivity index (χ4n) is 6.10. The molecule has 1 saturated heterocycles. The van der Waals surface area contributed by atoms with Crippen LogP contribution in [0.2, 0.25) is 0 Å². The number of aliphatic hydroxyl groups excluding tert-OH is 5. The molecule has 0 unspecified atom stereocenters. The molecule has 9 heteroatoms. The predicted molar refractivity (Wildman–Crippen MR) is 102 cm³/mol. The topological polar surface area (TPSA) is 157 Å². The third-order valence-electron chi connectivity index (χ3n) is 8.04. The van der Waals surface area contributed by atoms with Crippen LogP contribution in [0, 0.1) is 16.7 Å². The first-order chi connectivity index (χ1) is 13.9. The molecule has 0 aromatic carbocycles. The van der Waals surface area contributed by atoms with Gasteiger partial charge in [-0.25, -0.2) is 0 Å². The van der Waals surface area contributed by atoms with E-state index < -0.39 is 71.9 Å². The fraction of sp³-hybridized carbons (Fsp3) is 0.857. The highest BCUT2D eigenvalue weighted by molar-refractivity contribution is 5.93. The standard InChI is InChI=1S/C21H32O9/c1-10-6-21(30-17-14(26)13(25)12(24)11(7-22)29-17)8-18(2,9-23)16(27)15(21)19(3,28)20(10)4-5-20/h6,11-15,17,22-26,28H,4-5,7-9H2,1-3H3/t11-,12-,13+,14-,15-,17+,18+,19+,21+/m1/s1. The summed E-state index contributed by atoms with van der Waals surface area (Å²) in [6, 6.07) is 0. The van der Waals surface area contributed by atoms with Gasteiger partial charge in [0.15, 0.2) is 6.29 Å². The molecule has 30 heavy (non-hydrogen) atoms. The van der Waals surface area contributed by atoms with Crippen LogP contribution >= 0.6 is 0 Å². The van der Waals surface area contributed by atoms with Crippen LogP contribution in [0.25, 0.3) is 0 Å². The maximum Gasteiger partial charge on any atom is 0.187 e. The van der Waals surface area contributed by atoms with E-state index >= 15 is 0 Å². The molecule has 1 spiro atoms. The smallest absolute Gasteiger partial charge is 0.187 e. The highest BCUT2D eigenvalue weighted by Gasteiger charge is 2.74. The lowest BCUT2D eigenvalue weighted by Gasteiger charge is -2.51. The normalized spacial score (nSPS) is 52.3. The van der Waals surface area contributed by atoms with E-state index in [1.54, 1.807) is 19.9 Å². The van der Waals surface area contributed by atoms with Gasteiger partial charge in [0.2, 0.25) is 0 Å². The van der Waals surface area contributed by atoms with Crippen molar-refractivity contribution in [3.63, 3.8) is 0 Å². The summed E-state index contributed by atoms with van der Waals surface area (Å²) in [6.07, 6.45) is -4.09. The van der Waals surface area contributed by atoms with Crippen LogP contribution in [0.1, 0.15) is 40.0 Å². The Morgan fingerprint density at radius 2 is 1.77 bits per heavy atom. The van der Waals surface area contributed by atoms with Crippen LogP contribution in [0.5, 0.6) is 0 Å². The van der Waals surface area contributed by atoms with Gasteiger partial charge in [-0.2, -0.15) is 0 Å². The molecular weight excluding hydrogens is 396 g/mol. The molecule has 3 aliphatic carbocycles. The lowest BCUT2D eigenvalue weighted by molar-refractivity contribution is -0.330. The monoisotopic (exact) mass is 428 g/mol. The Bertz CT molecular complexity index is 758. The van der Waals surface area contributed by atoms with Gasteiger partial charge in [-0.05, 0) is 33.1 Å². The summed E-state index contributed by atoms with van der Waals surface area (Å²) >= 11 is 0. The lowest BCUT2D eigenvalue weighted by atomic mass is 9.61. The molecule has 9 atom stereocenters. The minimum absolute atomic E-state index is 0.0542. The molecule has 2 saturated carbocycles. The first-order valence-electron chi connectivity index (χ1n) is 10.4. The molecule has 0 bridgehead atoms. The summed E-state index contributed by atoms with van der Waals surface area (Å²) in [7, 11) is 0. The van der Waals surface area contributed by atoms with E-state index in [1.165, 1.54) is 0 Å². The predicted octanol–water partition coefficient (Wildman–Crippen LogP) is -1.38. The second-order valence-electron chi connectivity index (χ2n) is 10.0. The SMILES string of the molecule is CC1=C[C@]2(O[C@@H]3O[C@H](CO)[C@@H](O)[C@H](O)[C@H]3O)C[C@@](C)(CO)C(=O)[C@@H]2[C@](C)(O)C12CC2. The van der Waals surface area contributed by atoms with Crippen molar-refractivity contribution in [3.8, 4) is 0 Å². The minimum atomic E-state index is -1.63. The number of Topliss-reactive ketones (excluding diaryl/α,β-unsaturated/α-hetero) is 1. The van der Waals surface area contributed by atoms with E-state index in [1.807, 2.05) is 6.92 Å². The second kappa shape index (κ2) is 6.79. The quantitative estimate of drug-likeness (QED) is 0.297. The number of hydrogen-bond acceptors (Lipinski definition) is 9. The summed E-state index contributed by atoms with van der Waals surface area (Å²) in [5, 5.41) is 61.7.